The van der Waals surface area contributed by atoms with E-state index in [1.807, 2.05) is 42.3 Å². The number of carbonyl (C=O) groups is 2. The Labute approximate surface area is 134 Å². The van der Waals surface area contributed by atoms with Gasteiger partial charge in [-0.15, -0.1) is 0 Å². The average Bonchev–Trinajstić information content (AvgIpc) is 2.93. The van der Waals surface area contributed by atoms with Gasteiger partial charge in [-0.2, -0.15) is 0 Å². The Balaban J connectivity index is 1.84. The van der Waals surface area contributed by atoms with Crippen LogP contribution >= 0.6 is 0 Å². The van der Waals surface area contributed by atoms with Crippen molar-refractivity contribution >= 4 is 22.6 Å². The number of likely N-dealkylation sites (N-methyl/N-ethyl adjacent to an activating group) is 1. The fourth-order valence-electron chi connectivity index (χ4n) is 3.14. The smallest absolute Gasteiger partial charge is 0.270 e. The molecular weight excluding hydrogens is 292 g/mol. The third-order valence-corrected chi connectivity index (χ3v) is 4.29. The van der Waals surface area contributed by atoms with Crippen molar-refractivity contribution in [3.05, 3.63) is 42.2 Å². The second-order valence-corrected chi connectivity index (χ2v) is 5.90. The molecule has 0 aliphatic carbocycles. The largest absolute Gasteiger partial charge is 0.359 e. The summed E-state index contributed by atoms with van der Waals surface area (Å²) in [5, 5.41) is 7.43. The normalized spacial score (nSPS) is 21.3. The maximum absolute atomic E-state index is 12.7. The van der Waals surface area contributed by atoms with E-state index in [0.717, 1.165) is 10.8 Å². The number of nitrogens with one attached hydrogen (secondary N) is 2. The molecule has 1 saturated heterocycles. The molecule has 0 bridgehead atoms. The molecule has 23 heavy (non-hydrogen) atoms. The van der Waals surface area contributed by atoms with E-state index in [0.29, 0.717) is 18.8 Å². The third kappa shape index (κ3) is 3.03. The van der Waals surface area contributed by atoms with Crippen molar-refractivity contribution in [1.82, 2.24) is 20.5 Å². The van der Waals surface area contributed by atoms with Gasteiger partial charge in [0.1, 0.15) is 5.69 Å². The van der Waals surface area contributed by atoms with Crippen molar-refractivity contribution in [2.24, 2.45) is 5.92 Å². The zero-order valence-corrected chi connectivity index (χ0v) is 13.2. The number of likely N-dealkylation sites (tertiary alicyclic amines) is 1. The number of fused-ring (bicyclic) bond motifs is 1. The first-order valence-electron chi connectivity index (χ1n) is 7.65. The summed E-state index contributed by atoms with van der Waals surface area (Å²) in [5.41, 5.74) is 0.397. The lowest BCUT2D eigenvalue weighted by molar-refractivity contribution is -0.124. The molecule has 6 heteroatoms. The van der Waals surface area contributed by atoms with Crippen LogP contribution in [0, 0.1) is 5.92 Å². The van der Waals surface area contributed by atoms with Gasteiger partial charge in [-0.3, -0.25) is 14.6 Å². The molecule has 0 spiro atoms. The number of rotatable bonds is 3. The Bertz CT molecular complexity index is 741. The van der Waals surface area contributed by atoms with Crippen LogP contribution < -0.4 is 10.6 Å². The van der Waals surface area contributed by atoms with Crippen molar-refractivity contribution in [3.63, 3.8) is 0 Å². The van der Waals surface area contributed by atoms with Gasteiger partial charge in [0, 0.05) is 31.7 Å². The summed E-state index contributed by atoms with van der Waals surface area (Å²) in [5.74, 6) is -0.537. The lowest BCUT2D eigenvalue weighted by atomic mass is 10.0. The molecule has 2 N–H and O–H groups in total. The van der Waals surface area contributed by atoms with E-state index in [1.165, 1.54) is 0 Å². The van der Waals surface area contributed by atoms with E-state index in [-0.39, 0.29) is 23.8 Å². The van der Waals surface area contributed by atoms with Gasteiger partial charge in [-0.05, 0) is 18.5 Å². The Morgan fingerprint density at radius 3 is 2.78 bits per heavy atom. The highest BCUT2D eigenvalue weighted by Gasteiger charge is 2.36. The van der Waals surface area contributed by atoms with Crippen LogP contribution in [0.1, 0.15) is 10.5 Å². The highest BCUT2D eigenvalue weighted by atomic mass is 16.2. The van der Waals surface area contributed by atoms with Crippen LogP contribution in [0.15, 0.2) is 36.5 Å². The number of nitrogens with zero attached hydrogens (tertiary/aromatic N) is 2. The zero-order valence-electron chi connectivity index (χ0n) is 13.2. The minimum atomic E-state index is -0.246. The summed E-state index contributed by atoms with van der Waals surface area (Å²) < 4.78 is 0. The second kappa shape index (κ2) is 6.34. The standard InChI is InChI=1S/C17H20N4O2/c1-18-16(22)13-9-21(2)10-14(13)20-17(23)15-12-6-4-3-5-11(12)7-8-19-15/h3-8,13-14H,9-10H2,1-2H3,(H,18,22)(H,20,23)/t13-,14+/m1/s1. The van der Waals surface area contributed by atoms with E-state index in [9.17, 15) is 9.59 Å². The Hall–Kier alpha value is -2.47. The van der Waals surface area contributed by atoms with E-state index in [2.05, 4.69) is 15.6 Å². The molecule has 2 amide bonds. The zero-order chi connectivity index (χ0) is 16.4. The monoisotopic (exact) mass is 312 g/mol. The maximum Gasteiger partial charge on any atom is 0.270 e. The first-order valence-corrected chi connectivity index (χ1v) is 7.65. The Kier molecular flexibility index (Phi) is 4.25. The molecule has 1 aromatic carbocycles. The minimum absolute atomic E-state index is 0.0504. The van der Waals surface area contributed by atoms with Crippen LogP contribution in [0.3, 0.4) is 0 Å². The van der Waals surface area contributed by atoms with Crippen LogP contribution in [-0.2, 0) is 4.79 Å². The first-order chi connectivity index (χ1) is 11.1. The number of hydrogen-bond donors (Lipinski definition) is 2. The molecule has 6 nitrogen and oxygen atoms in total. The molecule has 2 aromatic rings. The lowest BCUT2D eigenvalue weighted by Crippen LogP contribution is -2.45. The SMILES string of the molecule is CNC(=O)[C@@H]1CN(C)C[C@@H]1NC(=O)c1nccc2ccccc12. The average molecular weight is 312 g/mol. The Morgan fingerprint density at radius 1 is 1.22 bits per heavy atom. The fourth-order valence-corrected chi connectivity index (χ4v) is 3.14. The summed E-state index contributed by atoms with van der Waals surface area (Å²) in [6.07, 6.45) is 1.63. The topological polar surface area (TPSA) is 74.3 Å². The van der Waals surface area contributed by atoms with Gasteiger partial charge in [0.25, 0.3) is 5.91 Å². The summed E-state index contributed by atoms with van der Waals surface area (Å²) in [6, 6.07) is 9.31. The maximum atomic E-state index is 12.7. The highest BCUT2D eigenvalue weighted by molar-refractivity contribution is 6.05. The van der Waals surface area contributed by atoms with E-state index in [4.69, 9.17) is 0 Å². The second-order valence-electron chi connectivity index (χ2n) is 5.90. The van der Waals surface area contributed by atoms with Gasteiger partial charge in [-0.1, -0.05) is 24.3 Å². The predicted molar refractivity (Wildman–Crippen MR) is 88.1 cm³/mol. The molecule has 2 atom stereocenters. The van der Waals surface area contributed by atoms with Crippen molar-refractivity contribution in [1.29, 1.82) is 0 Å². The molecule has 1 aromatic heterocycles. The minimum Gasteiger partial charge on any atom is -0.359 e. The van der Waals surface area contributed by atoms with Crippen LogP contribution in [0.5, 0.6) is 0 Å². The van der Waals surface area contributed by atoms with Crippen molar-refractivity contribution in [3.8, 4) is 0 Å². The van der Waals surface area contributed by atoms with Gasteiger partial charge in [-0.25, -0.2) is 0 Å². The number of pyridine rings is 1. The van der Waals surface area contributed by atoms with E-state index >= 15 is 0 Å². The Morgan fingerprint density at radius 2 is 2.00 bits per heavy atom. The van der Waals surface area contributed by atoms with E-state index in [1.54, 1.807) is 13.2 Å². The van der Waals surface area contributed by atoms with Gasteiger partial charge in [0.05, 0.1) is 12.0 Å². The third-order valence-electron chi connectivity index (χ3n) is 4.29. The molecule has 120 valence electrons. The van der Waals surface area contributed by atoms with Gasteiger partial charge < -0.3 is 15.5 Å². The van der Waals surface area contributed by atoms with E-state index < -0.39 is 0 Å². The summed E-state index contributed by atoms with van der Waals surface area (Å²) in [7, 11) is 3.56. The lowest BCUT2D eigenvalue weighted by Gasteiger charge is -2.18. The molecule has 0 unspecified atom stereocenters. The molecule has 1 fully saturated rings. The highest BCUT2D eigenvalue weighted by Crippen LogP contribution is 2.19. The van der Waals surface area contributed by atoms with Crippen LogP contribution in [0.25, 0.3) is 10.8 Å². The summed E-state index contributed by atoms with van der Waals surface area (Å²) in [6.45, 7) is 1.28. The van der Waals surface area contributed by atoms with Crippen LogP contribution in [0.4, 0.5) is 0 Å². The van der Waals surface area contributed by atoms with Crippen molar-refractivity contribution < 1.29 is 9.59 Å². The van der Waals surface area contributed by atoms with Crippen molar-refractivity contribution in [2.45, 2.75) is 6.04 Å². The number of hydrogen-bond acceptors (Lipinski definition) is 4. The molecule has 0 radical (unpaired) electrons. The molecule has 3 rings (SSSR count). The number of carbonyl (C=O) groups excluding carboxylic acids is 2. The van der Waals surface area contributed by atoms with Gasteiger partial charge >= 0.3 is 0 Å². The molecule has 0 saturated carbocycles. The van der Waals surface area contributed by atoms with Gasteiger partial charge in [0.2, 0.25) is 5.91 Å². The van der Waals surface area contributed by atoms with Crippen LogP contribution in [-0.4, -0.2) is 54.9 Å². The number of benzene rings is 1. The summed E-state index contributed by atoms with van der Waals surface area (Å²) in [4.78, 5) is 30.9. The number of aromatic nitrogens is 1. The summed E-state index contributed by atoms with van der Waals surface area (Å²) >= 11 is 0. The quantitative estimate of drug-likeness (QED) is 0.872. The fraction of sp³-hybridized carbons (Fsp3) is 0.353. The van der Waals surface area contributed by atoms with Gasteiger partial charge in [0.15, 0.2) is 0 Å². The molecule has 1 aliphatic heterocycles. The molecule has 2 heterocycles. The molecule has 1 aliphatic rings. The first kappa shape index (κ1) is 15.4. The van der Waals surface area contributed by atoms with Crippen LogP contribution in [0.2, 0.25) is 0 Å². The predicted octanol–water partition coefficient (Wildman–Crippen LogP) is 0.641. The number of amides is 2. The van der Waals surface area contributed by atoms with Crippen molar-refractivity contribution in [2.75, 3.05) is 27.2 Å². The molecular formula is C17H20N4O2.